The lowest BCUT2D eigenvalue weighted by molar-refractivity contribution is -0.385. The molecule has 1 aromatic rings. The van der Waals surface area contributed by atoms with Gasteiger partial charge in [0.25, 0.3) is 5.69 Å². The van der Waals surface area contributed by atoms with Gasteiger partial charge in [0.2, 0.25) is 5.91 Å². The summed E-state index contributed by atoms with van der Waals surface area (Å²) in [4.78, 5) is 22.3. The van der Waals surface area contributed by atoms with Crippen molar-refractivity contribution in [3.63, 3.8) is 0 Å². The third-order valence-electron chi connectivity index (χ3n) is 3.23. The van der Waals surface area contributed by atoms with Gasteiger partial charge in [-0.15, -0.1) is 0 Å². The highest BCUT2D eigenvalue weighted by Crippen LogP contribution is 2.18. The largest absolute Gasteiger partial charge is 0.381 e. The van der Waals surface area contributed by atoms with Gasteiger partial charge in [0.15, 0.2) is 0 Å². The van der Waals surface area contributed by atoms with Crippen LogP contribution in [0.25, 0.3) is 0 Å². The number of nitro benzene ring substituents is 1. The number of rotatable bonds is 4. The van der Waals surface area contributed by atoms with E-state index in [4.69, 9.17) is 4.74 Å². The van der Waals surface area contributed by atoms with E-state index in [0.29, 0.717) is 31.6 Å². The maximum absolute atomic E-state index is 11.9. The fraction of sp³-hybridized carbons (Fsp3) is 0.462. The lowest BCUT2D eigenvalue weighted by atomic mass is 9.99. The van der Waals surface area contributed by atoms with E-state index in [0.717, 1.165) is 0 Å². The van der Waals surface area contributed by atoms with E-state index >= 15 is 0 Å². The fourth-order valence-corrected chi connectivity index (χ4v) is 2.12. The molecule has 102 valence electrons. The van der Waals surface area contributed by atoms with Crippen LogP contribution < -0.4 is 5.32 Å². The second-order valence-electron chi connectivity index (χ2n) is 4.49. The minimum absolute atomic E-state index is 0.0368. The van der Waals surface area contributed by atoms with Crippen LogP contribution in [0.2, 0.25) is 0 Å². The monoisotopic (exact) mass is 264 g/mol. The lowest BCUT2D eigenvalue weighted by Gasteiger charge is -2.21. The zero-order chi connectivity index (χ0) is 13.7. The van der Waals surface area contributed by atoms with E-state index in [-0.39, 0.29) is 24.1 Å². The van der Waals surface area contributed by atoms with Crippen LogP contribution in [-0.4, -0.2) is 24.0 Å². The molecule has 0 unspecified atom stereocenters. The molecular weight excluding hydrogens is 248 g/mol. The molecule has 0 saturated carbocycles. The molecule has 1 aromatic carbocycles. The standard InChI is InChI=1S/C13H16N2O4/c16-13(10-5-7-19-8-6-10)14-9-11-3-1-2-4-12(11)15(17)18/h1-4,10H,5-9H2,(H,14,16). The molecule has 0 aliphatic carbocycles. The van der Waals surface area contributed by atoms with Crippen molar-refractivity contribution in [1.82, 2.24) is 5.32 Å². The van der Waals surface area contributed by atoms with Crippen LogP contribution in [0.3, 0.4) is 0 Å². The van der Waals surface area contributed by atoms with Crippen molar-refractivity contribution in [2.24, 2.45) is 5.92 Å². The molecule has 0 radical (unpaired) electrons. The number of ether oxygens (including phenoxy) is 1. The Bertz CT molecular complexity index is 469. The summed E-state index contributed by atoms with van der Waals surface area (Å²) in [6, 6.07) is 6.43. The Balaban J connectivity index is 1.94. The van der Waals surface area contributed by atoms with Crippen molar-refractivity contribution < 1.29 is 14.5 Å². The van der Waals surface area contributed by atoms with E-state index in [1.54, 1.807) is 18.2 Å². The Morgan fingerprint density at radius 2 is 2.05 bits per heavy atom. The van der Waals surface area contributed by atoms with Crippen molar-refractivity contribution in [2.75, 3.05) is 13.2 Å². The van der Waals surface area contributed by atoms with E-state index in [2.05, 4.69) is 5.32 Å². The maximum Gasteiger partial charge on any atom is 0.274 e. The molecule has 19 heavy (non-hydrogen) atoms. The molecule has 1 N–H and O–H groups in total. The van der Waals surface area contributed by atoms with Gasteiger partial charge >= 0.3 is 0 Å². The molecule has 1 saturated heterocycles. The number of benzene rings is 1. The zero-order valence-corrected chi connectivity index (χ0v) is 10.5. The minimum atomic E-state index is -0.435. The van der Waals surface area contributed by atoms with Gasteiger partial charge in [-0.2, -0.15) is 0 Å². The summed E-state index contributed by atoms with van der Waals surface area (Å²) < 4.78 is 5.19. The molecule has 6 nitrogen and oxygen atoms in total. The number of nitrogens with one attached hydrogen (secondary N) is 1. The predicted molar refractivity (Wildman–Crippen MR) is 68.5 cm³/mol. The highest BCUT2D eigenvalue weighted by molar-refractivity contribution is 5.78. The number of amides is 1. The van der Waals surface area contributed by atoms with Crippen LogP contribution in [0.5, 0.6) is 0 Å². The molecule has 1 heterocycles. The van der Waals surface area contributed by atoms with Gasteiger partial charge in [-0.25, -0.2) is 0 Å². The van der Waals surface area contributed by atoms with Crippen LogP contribution in [0, 0.1) is 16.0 Å². The number of hydrogen-bond donors (Lipinski definition) is 1. The first-order valence-electron chi connectivity index (χ1n) is 6.26. The Kier molecular flexibility index (Phi) is 4.46. The molecule has 0 bridgehead atoms. The maximum atomic E-state index is 11.9. The van der Waals surface area contributed by atoms with E-state index in [1.165, 1.54) is 6.07 Å². The number of nitrogens with zero attached hydrogens (tertiary/aromatic N) is 1. The van der Waals surface area contributed by atoms with E-state index < -0.39 is 4.92 Å². The van der Waals surface area contributed by atoms with Gasteiger partial charge in [-0.3, -0.25) is 14.9 Å². The average Bonchev–Trinajstić information content (AvgIpc) is 2.46. The Morgan fingerprint density at radius 1 is 1.37 bits per heavy atom. The van der Waals surface area contributed by atoms with E-state index in [1.807, 2.05) is 0 Å². The molecule has 0 atom stereocenters. The van der Waals surface area contributed by atoms with Gasteiger partial charge in [0.1, 0.15) is 0 Å². The summed E-state index contributed by atoms with van der Waals surface area (Å²) in [5.41, 5.74) is 0.558. The Morgan fingerprint density at radius 3 is 2.74 bits per heavy atom. The third-order valence-corrected chi connectivity index (χ3v) is 3.23. The highest BCUT2D eigenvalue weighted by Gasteiger charge is 2.22. The SMILES string of the molecule is O=C(NCc1ccccc1[N+](=O)[O-])C1CCOCC1. The van der Waals surface area contributed by atoms with E-state index in [9.17, 15) is 14.9 Å². The van der Waals surface area contributed by atoms with Crippen LogP contribution in [0.1, 0.15) is 18.4 Å². The molecule has 0 aromatic heterocycles. The Hall–Kier alpha value is -1.95. The van der Waals surface area contributed by atoms with Gasteiger partial charge in [-0.05, 0) is 12.8 Å². The van der Waals surface area contributed by atoms with Gasteiger partial charge in [0, 0.05) is 37.3 Å². The predicted octanol–water partition coefficient (Wildman–Crippen LogP) is 1.64. The number of para-hydroxylation sites is 1. The van der Waals surface area contributed by atoms with Crippen LogP contribution in [0.15, 0.2) is 24.3 Å². The first-order chi connectivity index (χ1) is 9.18. The van der Waals surface area contributed by atoms with Gasteiger partial charge < -0.3 is 10.1 Å². The quantitative estimate of drug-likeness (QED) is 0.662. The molecular formula is C13H16N2O4. The number of carbonyl (C=O) groups is 1. The second-order valence-corrected chi connectivity index (χ2v) is 4.49. The smallest absolute Gasteiger partial charge is 0.274 e. The molecule has 1 amide bonds. The first-order valence-corrected chi connectivity index (χ1v) is 6.26. The van der Waals surface area contributed by atoms with Crippen molar-refractivity contribution in [1.29, 1.82) is 0 Å². The minimum Gasteiger partial charge on any atom is -0.381 e. The number of nitro groups is 1. The zero-order valence-electron chi connectivity index (χ0n) is 10.5. The van der Waals surface area contributed by atoms with Crippen molar-refractivity contribution in [3.05, 3.63) is 39.9 Å². The van der Waals surface area contributed by atoms with Crippen molar-refractivity contribution >= 4 is 11.6 Å². The third kappa shape index (κ3) is 3.51. The summed E-state index contributed by atoms with van der Waals surface area (Å²) in [7, 11) is 0. The van der Waals surface area contributed by atoms with Crippen LogP contribution in [-0.2, 0) is 16.1 Å². The summed E-state index contributed by atoms with van der Waals surface area (Å²) in [6.07, 6.45) is 1.42. The molecule has 1 aliphatic rings. The summed E-state index contributed by atoms with van der Waals surface area (Å²) >= 11 is 0. The fourth-order valence-electron chi connectivity index (χ4n) is 2.12. The van der Waals surface area contributed by atoms with Gasteiger partial charge in [-0.1, -0.05) is 18.2 Å². The highest BCUT2D eigenvalue weighted by atomic mass is 16.6. The molecule has 1 fully saturated rings. The summed E-state index contributed by atoms with van der Waals surface area (Å²) in [6.45, 7) is 1.39. The van der Waals surface area contributed by atoms with Crippen LogP contribution in [0.4, 0.5) is 5.69 Å². The lowest BCUT2D eigenvalue weighted by Crippen LogP contribution is -2.33. The molecule has 1 aliphatic heterocycles. The summed E-state index contributed by atoms with van der Waals surface area (Å²) in [5, 5.41) is 13.6. The summed E-state index contributed by atoms with van der Waals surface area (Å²) in [5.74, 6) is -0.0991. The Labute approximate surface area is 110 Å². The second kappa shape index (κ2) is 6.29. The van der Waals surface area contributed by atoms with Crippen LogP contribution >= 0.6 is 0 Å². The first kappa shape index (κ1) is 13.5. The number of hydrogen-bond acceptors (Lipinski definition) is 4. The molecule has 6 heteroatoms. The average molecular weight is 264 g/mol. The van der Waals surface area contributed by atoms with Gasteiger partial charge in [0.05, 0.1) is 4.92 Å². The van der Waals surface area contributed by atoms with Crippen molar-refractivity contribution in [2.45, 2.75) is 19.4 Å². The molecule has 2 rings (SSSR count). The molecule has 0 spiro atoms. The normalized spacial score (nSPS) is 16.0. The van der Waals surface area contributed by atoms with Crippen molar-refractivity contribution in [3.8, 4) is 0 Å². The topological polar surface area (TPSA) is 81.5 Å². The number of carbonyl (C=O) groups excluding carboxylic acids is 1.